The van der Waals surface area contributed by atoms with Gasteiger partial charge in [0.2, 0.25) is 21.8 Å². The molecule has 3 heterocycles. The normalized spacial score (nSPS) is 29.2. The molecule has 2 aromatic rings. The number of fused-ring (bicyclic) bond motifs is 5. The average molecular weight is 771 g/mol. The molecule has 7 rings (SSSR count). The zero-order valence-electron chi connectivity index (χ0n) is 30.8. The van der Waals surface area contributed by atoms with Crippen LogP contribution in [0.15, 0.2) is 36.4 Å². The van der Waals surface area contributed by atoms with Gasteiger partial charge in [0.15, 0.2) is 6.61 Å². The van der Waals surface area contributed by atoms with E-state index in [4.69, 9.17) is 4.74 Å². The number of sulfonamides is 1. The Bertz CT molecular complexity index is 2020. The zero-order valence-corrected chi connectivity index (χ0v) is 31.7. The maximum Gasteiger partial charge on any atom is 0.407 e. The van der Waals surface area contributed by atoms with Gasteiger partial charge in [-0.05, 0) is 94.0 Å². The Labute approximate surface area is 313 Å². The molecule has 2 saturated carbocycles. The first-order valence-electron chi connectivity index (χ1n) is 18.9. The highest BCUT2D eigenvalue weighted by molar-refractivity contribution is 7.91. The minimum absolute atomic E-state index is 0.0196. The van der Waals surface area contributed by atoms with Crippen molar-refractivity contribution in [1.82, 2.24) is 20.3 Å². The first kappa shape index (κ1) is 38.0. The molecule has 54 heavy (non-hydrogen) atoms. The maximum absolute atomic E-state index is 14.6. The van der Waals surface area contributed by atoms with Crippen molar-refractivity contribution in [2.75, 3.05) is 13.2 Å². The zero-order chi connectivity index (χ0) is 38.6. The van der Waals surface area contributed by atoms with Gasteiger partial charge in [-0.2, -0.15) is 0 Å². The van der Waals surface area contributed by atoms with E-state index < -0.39 is 80.8 Å². The van der Waals surface area contributed by atoms with E-state index in [2.05, 4.69) is 32.2 Å². The molecular formula is C39H48F2N4O8S. The Kier molecular flexibility index (Phi) is 9.93. The summed E-state index contributed by atoms with van der Waals surface area (Å²) < 4.78 is 64.9. The molecule has 2 aliphatic carbocycles. The van der Waals surface area contributed by atoms with E-state index in [1.54, 1.807) is 6.92 Å². The van der Waals surface area contributed by atoms with Gasteiger partial charge in [0.05, 0.1) is 11.3 Å². The number of rotatable bonds is 6. The molecule has 12 nitrogen and oxygen atoms in total. The van der Waals surface area contributed by atoms with Crippen LogP contribution in [0.1, 0.15) is 87.8 Å². The second kappa shape index (κ2) is 14.1. The number of nitrogens with one attached hydrogen (secondary N) is 3. The van der Waals surface area contributed by atoms with Crippen LogP contribution >= 0.6 is 0 Å². The Morgan fingerprint density at radius 1 is 1.06 bits per heavy atom. The van der Waals surface area contributed by atoms with Gasteiger partial charge in [0, 0.05) is 17.9 Å². The number of carbonyl (C=O) groups excluding carboxylic acids is 4. The third-order valence-electron chi connectivity index (χ3n) is 12.2. The minimum atomic E-state index is -4.02. The molecule has 5 atom stereocenters. The Balaban J connectivity index is 1.23. The molecule has 1 spiro atoms. The topological polar surface area (TPSA) is 160 Å². The first-order valence-corrected chi connectivity index (χ1v) is 20.3. The number of amides is 4. The van der Waals surface area contributed by atoms with Crippen LogP contribution in [0.25, 0.3) is 10.8 Å². The lowest BCUT2D eigenvalue weighted by molar-refractivity contribution is -0.141. The van der Waals surface area contributed by atoms with E-state index in [1.165, 1.54) is 4.90 Å². The van der Waals surface area contributed by atoms with Crippen molar-refractivity contribution in [3.63, 3.8) is 0 Å². The summed E-state index contributed by atoms with van der Waals surface area (Å²) in [6.45, 7) is 4.42. The van der Waals surface area contributed by atoms with E-state index in [-0.39, 0.29) is 25.8 Å². The number of carbonyl (C=O) groups is 4. The molecule has 0 radical (unpaired) electrons. The lowest BCUT2D eigenvalue weighted by atomic mass is 9.84. The third kappa shape index (κ3) is 7.03. The van der Waals surface area contributed by atoms with E-state index in [1.807, 2.05) is 38.1 Å². The van der Waals surface area contributed by atoms with Gasteiger partial charge in [0.1, 0.15) is 29.0 Å². The van der Waals surface area contributed by atoms with Gasteiger partial charge in [-0.3, -0.25) is 19.1 Å². The Hall–Kier alpha value is -4.27. The Morgan fingerprint density at radius 3 is 2.52 bits per heavy atom. The van der Waals surface area contributed by atoms with Crippen molar-refractivity contribution in [1.29, 1.82) is 0 Å². The van der Waals surface area contributed by atoms with Gasteiger partial charge >= 0.3 is 6.09 Å². The summed E-state index contributed by atoms with van der Waals surface area (Å²) in [6.07, 6.45) is 4.51. The average Bonchev–Trinajstić information content (AvgIpc) is 4.03. The highest BCUT2D eigenvalue weighted by Gasteiger charge is 2.64. The standard InChI is InChI=1S/C39H48F2N4O8S/c1-23-24(2)32-28(27-13-10-9-12-26(23)27)15-16-38(53-32)20-30-33(46)43-39(35(48)44-54(50,51)37(3)17-18-37)19-25(39)11-7-5-4-6-8-14-29(34(47)45(30)22-38)42-36(49)52-21-31(40)41/h7,9-13,25,29-31H,4-6,8,14-22H2,1-3H3,(H,42,49)(H,43,46)(H,44,48). The van der Waals surface area contributed by atoms with Crippen molar-refractivity contribution in [2.45, 2.75) is 126 Å². The summed E-state index contributed by atoms with van der Waals surface area (Å²) in [4.78, 5) is 57.0. The van der Waals surface area contributed by atoms with Gasteiger partial charge in [0.25, 0.3) is 12.3 Å². The quantitative estimate of drug-likeness (QED) is 0.351. The molecule has 5 unspecified atom stereocenters. The summed E-state index contributed by atoms with van der Waals surface area (Å²) in [6, 6.07) is 5.72. The first-order chi connectivity index (χ1) is 25.6. The number of allylic oxidation sites excluding steroid dienone is 1. The number of alkyl carbamates (subject to hydrolysis) is 1. The number of hydrogen-bond acceptors (Lipinski definition) is 8. The Morgan fingerprint density at radius 2 is 1.80 bits per heavy atom. The second-order valence-electron chi connectivity index (χ2n) is 16.0. The van der Waals surface area contributed by atoms with Crippen molar-refractivity contribution in [3.05, 3.63) is 53.1 Å². The molecule has 0 aromatic heterocycles. The summed E-state index contributed by atoms with van der Waals surface area (Å²) >= 11 is 0. The van der Waals surface area contributed by atoms with Crippen LogP contribution in [0, 0.1) is 19.8 Å². The second-order valence-corrected chi connectivity index (χ2v) is 18.2. The molecule has 5 aliphatic rings. The van der Waals surface area contributed by atoms with Crippen LogP contribution in [-0.4, -0.2) is 84.7 Å². The highest BCUT2D eigenvalue weighted by Crippen LogP contribution is 2.49. The fourth-order valence-corrected chi connectivity index (χ4v) is 9.68. The van der Waals surface area contributed by atoms with Crippen molar-refractivity contribution in [2.24, 2.45) is 5.92 Å². The van der Waals surface area contributed by atoms with Crippen LogP contribution in [-0.2, 0) is 35.6 Å². The van der Waals surface area contributed by atoms with Crippen LogP contribution in [0.5, 0.6) is 5.75 Å². The fraction of sp³-hybridized carbons (Fsp3) is 0.590. The van der Waals surface area contributed by atoms with Gasteiger partial charge < -0.3 is 25.0 Å². The lowest BCUT2D eigenvalue weighted by Gasteiger charge is -2.37. The number of hydrogen-bond donors (Lipinski definition) is 3. The molecule has 0 bridgehead atoms. The van der Waals surface area contributed by atoms with Crippen LogP contribution < -0.4 is 20.1 Å². The molecule has 4 amide bonds. The number of benzene rings is 2. The monoisotopic (exact) mass is 770 g/mol. The molecule has 1 saturated heterocycles. The number of aryl methyl sites for hydroxylation is 2. The van der Waals surface area contributed by atoms with Gasteiger partial charge in [-0.1, -0.05) is 49.3 Å². The molecule has 292 valence electrons. The summed E-state index contributed by atoms with van der Waals surface area (Å²) in [5.74, 6) is -1.86. The number of nitrogens with zero attached hydrogens (tertiary/aromatic N) is 1. The SMILES string of the molecule is Cc1c2c(c3ccccc3c1C)CCC1(CC3C(=O)NC4(C(=O)NS(=O)(=O)C5(C)CC5)CC4C=CCCCCCC(NC(=O)OCC(F)F)C(=O)N3C1)O2. The van der Waals surface area contributed by atoms with Gasteiger partial charge in [-0.15, -0.1) is 0 Å². The largest absolute Gasteiger partial charge is 0.485 e. The molecule has 2 aromatic carbocycles. The van der Waals surface area contributed by atoms with Gasteiger partial charge in [-0.25, -0.2) is 22.0 Å². The molecule has 3 N–H and O–H groups in total. The van der Waals surface area contributed by atoms with Crippen LogP contribution in [0.4, 0.5) is 13.6 Å². The van der Waals surface area contributed by atoms with Crippen LogP contribution in [0.3, 0.4) is 0 Å². The smallest absolute Gasteiger partial charge is 0.407 e. The van der Waals surface area contributed by atoms with E-state index in [9.17, 15) is 36.4 Å². The molecule has 3 fully saturated rings. The third-order valence-corrected chi connectivity index (χ3v) is 14.4. The van der Waals surface area contributed by atoms with E-state index in [0.29, 0.717) is 57.1 Å². The number of halogens is 2. The fourth-order valence-electron chi connectivity index (χ4n) is 8.36. The van der Waals surface area contributed by atoms with Crippen LogP contribution in [0.2, 0.25) is 0 Å². The minimum Gasteiger partial charge on any atom is -0.485 e. The summed E-state index contributed by atoms with van der Waals surface area (Å²) in [5.41, 5.74) is 0.455. The van der Waals surface area contributed by atoms with Crippen molar-refractivity contribution >= 4 is 44.6 Å². The van der Waals surface area contributed by atoms with Crippen molar-refractivity contribution in [3.8, 4) is 5.75 Å². The molecule has 15 heteroatoms. The number of ether oxygens (including phenoxy) is 2. The molecule has 3 aliphatic heterocycles. The lowest BCUT2D eigenvalue weighted by Crippen LogP contribution is -2.58. The number of alkyl halides is 2. The molecular weight excluding hydrogens is 723 g/mol. The van der Waals surface area contributed by atoms with E-state index in [0.717, 1.165) is 27.5 Å². The highest BCUT2D eigenvalue weighted by atomic mass is 32.2. The predicted octanol–water partition coefficient (Wildman–Crippen LogP) is 4.87. The summed E-state index contributed by atoms with van der Waals surface area (Å²) in [5, 5.41) is 7.54. The van der Waals surface area contributed by atoms with Crippen molar-refractivity contribution < 1.29 is 45.9 Å². The maximum atomic E-state index is 14.6. The summed E-state index contributed by atoms with van der Waals surface area (Å²) in [7, 11) is -4.02. The van der Waals surface area contributed by atoms with E-state index >= 15 is 0 Å². The predicted molar refractivity (Wildman–Crippen MR) is 195 cm³/mol.